The molecule has 45 nitrogen and oxygen atoms in total. The molecule has 121 heavy (non-hydrogen) atoms. The van der Waals surface area contributed by atoms with Crippen molar-refractivity contribution in [3.8, 4) is 0 Å². The highest BCUT2D eigenvalue weighted by Crippen LogP contribution is 2.27. The molecule has 2 aliphatic heterocycles. The Balaban J connectivity index is 1.24. The topological polar surface area (TPSA) is 738 Å². The number of carboxylic acid groups (broad SMARTS) is 1. The number of aliphatic carboxylic acids is 1. The number of aliphatic hydroxyl groups is 2. The van der Waals surface area contributed by atoms with E-state index in [0.29, 0.717) is 16.5 Å². The van der Waals surface area contributed by atoms with Crippen molar-refractivity contribution in [1.82, 2.24) is 94.5 Å². The highest BCUT2D eigenvalue weighted by molar-refractivity contribution is 7.80. The van der Waals surface area contributed by atoms with Gasteiger partial charge < -0.3 is 139 Å². The van der Waals surface area contributed by atoms with Gasteiger partial charge in [0, 0.05) is 62.0 Å². The number of carbonyl (C=O) groups is 16. The van der Waals surface area contributed by atoms with Gasteiger partial charge in [-0.1, -0.05) is 62.4 Å². The number of amides is 15. The van der Waals surface area contributed by atoms with Crippen LogP contribution in [0.15, 0.2) is 60.8 Å². The zero-order valence-corrected chi connectivity index (χ0v) is 68.7. The van der Waals surface area contributed by atoms with Gasteiger partial charge in [-0.2, -0.15) is 12.6 Å². The number of aliphatic hydroxyl groups excluding tert-OH is 2. The van der Waals surface area contributed by atoms with Gasteiger partial charge in [0.25, 0.3) is 0 Å². The molecule has 0 unspecified atom stereocenters. The van der Waals surface area contributed by atoms with Crippen LogP contribution in [0.1, 0.15) is 116 Å². The summed E-state index contributed by atoms with van der Waals surface area (Å²) in [6.45, 7) is 3.09. The summed E-state index contributed by atoms with van der Waals surface area (Å²) < 4.78 is 0. The molecule has 2 aliphatic rings. The minimum Gasteiger partial charge on any atom is -0.480 e. The van der Waals surface area contributed by atoms with Crippen molar-refractivity contribution in [3.05, 3.63) is 71.9 Å². The van der Waals surface area contributed by atoms with Crippen LogP contribution in [0, 0.1) is 22.1 Å². The lowest BCUT2D eigenvalue weighted by molar-refractivity contribution is -0.148. The fraction of sp³-hybridized carbons (Fsp3) is 0.560. The van der Waals surface area contributed by atoms with Crippen LogP contribution < -0.4 is 108 Å². The number of nitrogens with zero attached hydrogens (tertiary/aromatic N) is 2. The van der Waals surface area contributed by atoms with Crippen LogP contribution in [0.2, 0.25) is 0 Å². The van der Waals surface area contributed by atoms with Gasteiger partial charge in [-0.25, -0.2) is 4.79 Å². The van der Waals surface area contributed by atoms with Crippen molar-refractivity contribution in [1.29, 1.82) is 16.2 Å². The molecule has 2 saturated heterocycles. The molecule has 0 spiro atoms. The van der Waals surface area contributed by atoms with Crippen molar-refractivity contribution in [2.45, 2.75) is 202 Å². The summed E-state index contributed by atoms with van der Waals surface area (Å²) in [5.74, 6) is -17.3. The van der Waals surface area contributed by atoms with Crippen LogP contribution in [-0.2, 0) is 89.6 Å². The summed E-state index contributed by atoms with van der Waals surface area (Å²) in [6.07, 6.45) is 1.10. The van der Waals surface area contributed by atoms with Crippen LogP contribution in [0.25, 0.3) is 10.9 Å². The van der Waals surface area contributed by atoms with Gasteiger partial charge in [-0.05, 0) is 114 Å². The number of primary amides is 1. The Labute approximate surface area is 702 Å². The molecular weight excluding hydrogens is 1600 g/mol. The first kappa shape index (κ1) is 99.1. The molecular formula is C75H116N26O19S. The first-order valence-electron chi connectivity index (χ1n) is 39.5. The Hall–Kier alpha value is -12.5. The number of likely N-dealkylation sites (tertiary alicyclic amines) is 2. The van der Waals surface area contributed by atoms with E-state index in [9.17, 15) is 92.0 Å². The first-order chi connectivity index (χ1) is 57.4. The van der Waals surface area contributed by atoms with E-state index in [1.54, 1.807) is 74.6 Å². The maximum atomic E-state index is 14.6. The Kier molecular flexibility index (Phi) is 40.8. The molecule has 1 aromatic heterocycles. The summed E-state index contributed by atoms with van der Waals surface area (Å²) in [5.41, 5.74) is 30.1. The fourth-order valence-electron chi connectivity index (χ4n) is 13.3. The summed E-state index contributed by atoms with van der Waals surface area (Å²) in [5, 5.41) is 90.9. The van der Waals surface area contributed by atoms with Gasteiger partial charge >= 0.3 is 5.97 Å². The zero-order chi connectivity index (χ0) is 89.7. The SMILES string of the molecule is CC(C)C[C@H](NC(=O)[C@H](CC(N)=O)NC(=O)[C@@H]1CCCN1C(=O)[C@@H]1CCCN1C(=O)[C@H](C)NC(=O)[C@H](CO)NC(=O)[C@H](CCCNC(=N)N)NC(=O)[C@H](CO)NC(=O)[C@H](CCCNC(=N)N)NC(=O)CNC(=O)[C@H](CCCNC(=N)N)NC(=O)[C@@H](N)Cc1ccccc1)C(=O)N[C@@H](Cc1c[nH]c2ccccc12)C(=O)N[C@@H](C)C(=O)N[C@@H](CS)C(=O)O. The fourth-order valence-corrected chi connectivity index (χ4v) is 13.5. The first-order valence-corrected chi connectivity index (χ1v) is 40.1. The molecule has 0 aliphatic carbocycles. The second-order valence-corrected chi connectivity index (χ2v) is 30.0. The Bertz CT molecular complexity index is 4160. The lowest BCUT2D eigenvalue weighted by Crippen LogP contribution is -2.61. The van der Waals surface area contributed by atoms with E-state index >= 15 is 0 Å². The van der Waals surface area contributed by atoms with Gasteiger partial charge in [-0.3, -0.25) is 88.1 Å². The molecule has 0 saturated carbocycles. The number of rotatable bonds is 50. The van der Waals surface area contributed by atoms with E-state index in [-0.39, 0.29) is 134 Å². The monoisotopic (exact) mass is 1720 g/mol. The highest BCUT2D eigenvalue weighted by atomic mass is 32.1. The number of nitrogens with two attached hydrogens (primary N) is 5. The largest absolute Gasteiger partial charge is 0.480 e. The third-order valence-corrected chi connectivity index (χ3v) is 20.0. The number of aromatic amines is 1. The smallest absolute Gasteiger partial charge is 0.327 e. The Morgan fingerprint density at radius 3 is 1.50 bits per heavy atom. The number of carbonyl (C=O) groups excluding carboxylic acids is 15. The predicted octanol–water partition coefficient (Wildman–Crippen LogP) is -8.54. The number of carboxylic acids is 1. The third kappa shape index (κ3) is 32.7. The summed E-state index contributed by atoms with van der Waals surface area (Å²) in [4.78, 5) is 226. The molecule has 3 heterocycles. The van der Waals surface area contributed by atoms with E-state index in [1.807, 2.05) is 0 Å². The number of H-pyrrole nitrogens is 1. The molecule has 666 valence electrons. The summed E-state index contributed by atoms with van der Waals surface area (Å²) in [7, 11) is 0. The van der Waals surface area contributed by atoms with Crippen LogP contribution in [0.5, 0.6) is 0 Å². The third-order valence-electron chi connectivity index (χ3n) is 19.6. The molecule has 14 atom stereocenters. The minimum atomic E-state index is -1.86. The molecule has 5 rings (SSSR count). The molecule has 0 radical (unpaired) electrons. The second-order valence-electron chi connectivity index (χ2n) is 29.7. The standard InChI is InChI=1S/C75H116N26O19S/c1-38(2)29-49(65(112)95-50(31-42-33-87-45-18-9-8-17-43(42)45)64(111)89-39(3)59(106)99-54(37-121)72(119)120)94-66(113)51(32-57(77)104)96-69(116)55-22-13-27-100(55)71(118)56-23-14-28-101(56)70(117)40(4)90-67(114)52(35-102)97-63(110)48(21-12-26-86-75(82)83)93-68(115)53(36-103)98-62(109)47(20-11-25-85-74(80)81)91-58(105)34-88-61(108)46(19-10-24-84-73(78)79)92-60(107)44(76)30-41-15-6-5-7-16-41/h5-9,15-18,33,38-40,44,46-56,87,102-103,121H,10-14,19-32,34-37,76H2,1-4H3,(H2,77,104)(H,88,108)(H,89,111)(H,90,114)(H,91,105)(H,92,107)(H,93,115)(H,94,113)(H,95,112)(H,96,116)(H,97,110)(H,98,109)(H,99,106)(H,119,120)(H4,78,79,84)(H4,80,81,85)(H4,82,83,86)/t39-,40-,44-,46-,47-,48-,49-,50-,51-,52-,53-,54-,55-,56-/m0/s1. The van der Waals surface area contributed by atoms with Crippen LogP contribution in [0.3, 0.4) is 0 Å². The number of nitrogens with one attached hydrogen (secondary N) is 19. The van der Waals surface area contributed by atoms with E-state index in [2.05, 4.69) is 97.4 Å². The Morgan fingerprint density at radius 1 is 0.496 bits per heavy atom. The van der Waals surface area contributed by atoms with Crippen LogP contribution >= 0.6 is 12.6 Å². The Morgan fingerprint density at radius 2 is 0.950 bits per heavy atom. The molecule has 3 aromatic rings. The van der Waals surface area contributed by atoms with E-state index in [0.717, 1.165) is 5.56 Å². The maximum Gasteiger partial charge on any atom is 0.327 e. The van der Waals surface area contributed by atoms with Gasteiger partial charge in [-0.15, -0.1) is 0 Å². The normalized spacial score (nSPS) is 16.6. The van der Waals surface area contributed by atoms with Crippen LogP contribution in [-0.4, -0.2) is 285 Å². The average Bonchev–Trinajstić information content (AvgIpc) is 1.67. The minimum absolute atomic E-state index is 0.00655. The van der Waals surface area contributed by atoms with E-state index in [4.69, 9.17) is 44.9 Å². The van der Waals surface area contributed by atoms with Crippen molar-refractivity contribution in [3.63, 3.8) is 0 Å². The van der Waals surface area contributed by atoms with Gasteiger partial charge in [0.2, 0.25) is 88.6 Å². The number of fused-ring (bicyclic) bond motifs is 1. The number of thiol groups is 1. The summed E-state index contributed by atoms with van der Waals surface area (Å²) in [6, 6.07) is -4.62. The lowest BCUT2D eigenvalue weighted by Gasteiger charge is -2.33. The number of hydrogen-bond acceptors (Lipinski definition) is 23. The van der Waals surface area contributed by atoms with Gasteiger partial charge in [0.1, 0.15) is 78.5 Å². The van der Waals surface area contributed by atoms with Gasteiger partial charge in [0.15, 0.2) is 17.9 Å². The number of guanidine groups is 3. The molecule has 15 amide bonds. The molecule has 2 fully saturated rings. The number of aromatic nitrogens is 1. The number of hydrogen-bond donors (Lipinski definition) is 28. The zero-order valence-electron chi connectivity index (χ0n) is 67.8. The molecule has 32 N–H and O–H groups in total. The molecule has 46 heteroatoms. The van der Waals surface area contributed by atoms with Crippen molar-refractivity contribution < 1.29 is 92.0 Å². The molecule has 2 aromatic carbocycles. The van der Waals surface area contributed by atoms with Crippen molar-refractivity contribution >= 4 is 136 Å². The number of benzene rings is 2. The van der Waals surface area contributed by atoms with Gasteiger partial charge in [0.05, 0.1) is 32.2 Å². The lowest BCUT2D eigenvalue weighted by atomic mass is 10.00. The van der Waals surface area contributed by atoms with E-state index < -0.39 is 217 Å². The second kappa shape index (κ2) is 49.8. The number of para-hydroxylation sites is 1. The maximum absolute atomic E-state index is 14.6. The van der Waals surface area contributed by atoms with Crippen molar-refractivity contribution in [2.24, 2.45) is 34.6 Å². The predicted molar refractivity (Wildman–Crippen MR) is 442 cm³/mol. The van der Waals surface area contributed by atoms with Crippen LogP contribution in [0.4, 0.5) is 0 Å². The highest BCUT2D eigenvalue weighted by Gasteiger charge is 2.45. The summed E-state index contributed by atoms with van der Waals surface area (Å²) >= 11 is 3.97. The van der Waals surface area contributed by atoms with Crippen molar-refractivity contribution in [2.75, 3.05) is 58.2 Å². The average molecular weight is 1720 g/mol. The molecule has 0 bridgehead atoms. The quantitative estimate of drug-likeness (QED) is 0.0108. The van der Waals surface area contributed by atoms with E-state index in [1.165, 1.54) is 23.6 Å².